The highest BCUT2D eigenvalue weighted by Crippen LogP contribution is 2.13. The van der Waals surface area contributed by atoms with E-state index in [0.717, 1.165) is 6.54 Å². The number of rotatable bonds is 2. The van der Waals surface area contributed by atoms with Crippen LogP contribution in [0.3, 0.4) is 0 Å². The molecular weight excluding hydrogens is 126 g/mol. The van der Waals surface area contributed by atoms with Crippen molar-refractivity contribution in [3.05, 3.63) is 35.9 Å². The molecule has 0 saturated heterocycles. The Morgan fingerprint density at radius 3 is 2.40 bits per heavy atom. The van der Waals surface area contributed by atoms with E-state index in [4.69, 9.17) is 0 Å². The molecular formula is C7H7N3. The summed E-state index contributed by atoms with van der Waals surface area (Å²) < 4.78 is 0. The van der Waals surface area contributed by atoms with E-state index < -0.39 is 0 Å². The number of hydrogen-bond donors (Lipinski definition) is 0. The van der Waals surface area contributed by atoms with E-state index in [9.17, 15) is 0 Å². The molecule has 1 aliphatic rings. The highest BCUT2D eigenvalue weighted by atomic mass is 15.9. The SMILES string of the molecule is c1ccc(CN2N=N2)cc1. The van der Waals surface area contributed by atoms with Crippen molar-refractivity contribution in [2.75, 3.05) is 0 Å². The first-order valence-corrected chi connectivity index (χ1v) is 3.18. The molecule has 3 heteroatoms. The van der Waals surface area contributed by atoms with Gasteiger partial charge in [0.05, 0.1) is 6.54 Å². The molecule has 0 atom stereocenters. The van der Waals surface area contributed by atoms with Gasteiger partial charge >= 0.3 is 0 Å². The first-order valence-electron chi connectivity index (χ1n) is 3.18. The molecule has 2 rings (SSSR count). The minimum atomic E-state index is 0.806. The zero-order valence-corrected chi connectivity index (χ0v) is 5.44. The van der Waals surface area contributed by atoms with Crippen LogP contribution in [0.2, 0.25) is 0 Å². The van der Waals surface area contributed by atoms with Crippen LogP contribution in [-0.2, 0) is 6.54 Å². The second-order valence-electron chi connectivity index (χ2n) is 2.19. The smallest absolute Gasteiger partial charge is 0.0893 e. The average molecular weight is 133 g/mol. The van der Waals surface area contributed by atoms with Gasteiger partial charge in [0.2, 0.25) is 0 Å². The van der Waals surface area contributed by atoms with Crippen molar-refractivity contribution >= 4 is 0 Å². The third kappa shape index (κ3) is 1.13. The van der Waals surface area contributed by atoms with Gasteiger partial charge in [-0.25, -0.2) is 0 Å². The Labute approximate surface area is 58.9 Å². The van der Waals surface area contributed by atoms with Crippen LogP contribution in [-0.4, -0.2) is 5.12 Å². The Bertz CT molecular complexity index is 236. The largest absolute Gasteiger partial charge is 0.140 e. The second kappa shape index (κ2) is 2.10. The molecule has 1 heterocycles. The third-order valence-corrected chi connectivity index (χ3v) is 1.38. The monoisotopic (exact) mass is 133 g/mol. The molecule has 0 N–H and O–H groups in total. The van der Waals surface area contributed by atoms with Gasteiger partial charge < -0.3 is 0 Å². The number of nitrogens with zero attached hydrogens (tertiary/aromatic N) is 3. The van der Waals surface area contributed by atoms with Crippen LogP contribution < -0.4 is 0 Å². The second-order valence-corrected chi connectivity index (χ2v) is 2.19. The summed E-state index contributed by atoms with van der Waals surface area (Å²) >= 11 is 0. The lowest BCUT2D eigenvalue weighted by Gasteiger charge is -1.95. The normalized spacial score (nSPS) is 13.8. The van der Waals surface area contributed by atoms with Crippen LogP contribution in [0.4, 0.5) is 0 Å². The summed E-state index contributed by atoms with van der Waals surface area (Å²) in [5, 5.41) is 8.97. The minimum Gasteiger partial charge on any atom is -0.140 e. The summed E-state index contributed by atoms with van der Waals surface area (Å²) in [7, 11) is 0. The molecule has 1 aromatic carbocycles. The van der Waals surface area contributed by atoms with Crippen LogP contribution in [0.5, 0.6) is 0 Å². The van der Waals surface area contributed by atoms with Gasteiger partial charge in [-0.2, -0.15) is 0 Å². The van der Waals surface area contributed by atoms with Crippen LogP contribution in [0.1, 0.15) is 5.56 Å². The zero-order valence-electron chi connectivity index (χ0n) is 5.44. The van der Waals surface area contributed by atoms with E-state index in [-0.39, 0.29) is 0 Å². The molecule has 10 heavy (non-hydrogen) atoms. The van der Waals surface area contributed by atoms with E-state index in [0.29, 0.717) is 0 Å². The summed E-state index contributed by atoms with van der Waals surface area (Å²) in [6, 6.07) is 10.1. The molecule has 0 amide bonds. The van der Waals surface area contributed by atoms with Crippen molar-refractivity contribution in [3.8, 4) is 0 Å². The molecule has 0 unspecified atom stereocenters. The Morgan fingerprint density at radius 1 is 1.10 bits per heavy atom. The van der Waals surface area contributed by atoms with Gasteiger partial charge in [0.25, 0.3) is 0 Å². The molecule has 0 radical (unpaired) electrons. The molecule has 0 saturated carbocycles. The lowest BCUT2D eigenvalue weighted by atomic mass is 10.2. The van der Waals surface area contributed by atoms with E-state index in [1.165, 1.54) is 5.56 Å². The fraction of sp³-hybridized carbons (Fsp3) is 0.143. The Kier molecular flexibility index (Phi) is 1.13. The van der Waals surface area contributed by atoms with Crippen LogP contribution >= 0.6 is 0 Å². The predicted octanol–water partition coefficient (Wildman–Crippen LogP) is 1.78. The first-order chi connectivity index (χ1) is 4.95. The van der Waals surface area contributed by atoms with Gasteiger partial charge in [-0.1, -0.05) is 30.3 Å². The van der Waals surface area contributed by atoms with Gasteiger partial charge in [-0.05, 0) is 16.0 Å². The van der Waals surface area contributed by atoms with Crippen LogP contribution in [0.15, 0.2) is 40.8 Å². The standard InChI is InChI=1S/C7H7N3/c1-2-4-7(5-3-1)6-10-8-9-10/h1-5H,6H2. The molecule has 0 fully saturated rings. The molecule has 1 aliphatic heterocycles. The summed E-state index contributed by atoms with van der Waals surface area (Å²) in [4.78, 5) is 0. The van der Waals surface area contributed by atoms with Crippen molar-refractivity contribution in [2.24, 2.45) is 10.4 Å². The Balaban J connectivity index is 2.04. The lowest BCUT2D eigenvalue weighted by Crippen LogP contribution is -1.94. The number of hydrogen-bond acceptors (Lipinski definition) is 3. The highest BCUT2D eigenvalue weighted by molar-refractivity contribution is 5.14. The van der Waals surface area contributed by atoms with Crippen LogP contribution in [0.25, 0.3) is 0 Å². The summed E-state index contributed by atoms with van der Waals surface area (Å²) in [6.07, 6.45) is 0. The molecule has 0 aromatic heterocycles. The van der Waals surface area contributed by atoms with Crippen molar-refractivity contribution < 1.29 is 0 Å². The zero-order chi connectivity index (χ0) is 6.81. The topological polar surface area (TPSA) is 27.7 Å². The maximum absolute atomic E-state index is 3.66. The van der Waals surface area contributed by atoms with Crippen molar-refractivity contribution in [3.63, 3.8) is 0 Å². The highest BCUT2D eigenvalue weighted by Gasteiger charge is 2.09. The van der Waals surface area contributed by atoms with Crippen molar-refractivity contribution in [1.29, 1.82) is 0 Å². The van der Waals surface area contributed by atoms with Crippen molar-refractivity contribution in [1.82, 2.24) is 5.12 Å². The van der Waals surface area contributed by atoms with E-state index in [1.807, 2.05) is 18.2 Å². The van der Waals surface area contributed by atoms with E-state index in [2.05, 4.69) is 22.6 Å². The first kappa shape index (κ1) is 5.41. The van der Waals surface area contributed by atoms with E-state index in [1.54, 1.807) is 5.12 Å². The molecule has 0 aliphatic carbocycles. The third-order valence-electron chi connectivity index (χ3n) is 1.38. The lowest BCUT2D eigenvalue weighted by molar-refractivity contribution is 0.472. The molecule has 0 bridgehead atoms. The quantitative estimate of drug-likeness (QED) is 0.604. The summed E-state index contributed by atoms with van der Waals surface area (Å²) in [6.45, 7) is 0.806. The van der Waals surface area contributed by atoms with Gasteiger partial charge in [0.1, 0.15) is 0 Å². The summed E-state index contributed by atoms with van der Waals surface area (Å²) in [5.41, 5.74) is 1.24. The van der Waals surface area contributed by atoms with Crippen LogP contribution in [0, 0.1) is 0 Å². The average Bonchev–Trinajstić information content (AvgIpc) is 2.74. The maximum atomic E-state index is 3.66. The number of benzene rings is 1. The predicted molar refractivity (Wildman–Crippen MR) is 36.8 cm³/mol. The van der Waals surface area contributed by atoms with Gasteiger partial charge in [0.15, 0.2) is 0 Å². The maximum Gasteiger partial charge on any atom is 0.0893 e. The fourth-order valence-electron chi connectivity index (χ4n) is 0.838. The van der Waals surface area contributed by atoms with E-state index >= 15 is 0 Å². The minimum absolute atomic E-state index is 0.806. The van der Waals surface area contributed by atoms with Gasteiger partial charge in [-0.3, -0.25) is 0 Å². The summed E-state index contributed by atoms with van der Waals surface area (Å²) in [5.74, 6) is 0. The van der Waals surface area contributed by atoms with Gasteiger partial charge in [-0.15, -0.1) is 5.12 Å². The Morgan fingerprint density at radius 2 is 1.80 bits per heavy atom. The molecule has 1 aromatic rings. The Hall–Kier alpha value is -1.38. The van der Waals surface area contributed by atoms with Crippen molar-refractivity contribution in [2.45, 2.75) is 6.54 Å². The fourth-order valence-corrected chi connectivity index (χ4v) is 0.838. The van der Waals surface area contributed by atoms with Gasteiger partial charge in [0, 0.05) is 0 Å². The molecule has 3 nitrogen and oxygen atoms in total. The molecule has 50 valence electrons. The molecule has 0 spiro atoms.